The second-order valence-corrected chi connectivity index (χ2v) is 6.44. The maximum absolute atomic E-state index is 11.4. The standard InChI is InChI=1S/C14H18O3.C8H8O/c1-5-11-6-8-12(9-7-11)16-10-13(15)17-14(2,3)4;1-2-7-3-5-8(9)6-4-7/h5-9H,1,10H2,2-4H3;2-6,9H,1H2. The first-order valence-corrected chi connectivity index (χ1v) is 8.22. The molecule has 0 aliphatic heterocycles. The largest absolute Gasteiger partial charge is 0.508 e. The van der Waals surface area contributed by atoms with Crippen LogP contribution in [-0.2, 0) is 9.53 Å². The highest BCUT2D eigenvalue weighted by molar-refractivity contribution is 5.71. The number of aromatic hydroxyl groups is 1. The lowest BCUT2D eigenvalue weighted by Gasteiger charge is -2.19. The molecule has 26 heavy (non-hydrogen) atoms. The topological polar surface area (TPSA) is 55.8 Å². The third-order valence-corrected chi connectivity index (χ3v) is 3.02. The van der Waals surface area contributed by atoms with E-state index < -0.39 is 5.60 Å². The van der Waals surface area contributed by atoms with E-state index in [0.29, 0.717) is 11.5 Å². The SMILES string of the molecule is C=Cc1ccc(O)cc1.C=Cc1ccc(OCC(=O)OC(C)(C)C)cc1. The van der Waals surface area contributed by atoms with Crippen molar-refractivity contribution in [1.82, 2.24) is 0 Å². The van der Waals surface area contributed by atoms with Gasteiger partial charge in [-0.15, -0.1) is 0 Å². The summed E-state index contributed by atoms with van der Waals surface area (Å²) >= 11 is 0. The normalized spacial score (nSPS) is 10.1. The van der Waals surface area contributed by atoms with Crippen LogP contribution in [0, 0.1) is 0 Å². The summed E-state index contributed by atoms with van der Waals surface area (Å²) in [5, 5.41) is 8.82. The van der Waals surface area contributed by atoms with Gasteiger partial charge in [0.05, 0.1) is 0 Å². The second-order valence-electron chi connectivity index (χ2n) is 6.44. The molecule has 0 saturated carbocycles. The number of ether oxygens (including phenoxy) is 2. The number of rotatable bonds is 5. The fourth-order valence-electron chi connectivity index (χ4n) is 1.82. The molecule has 0 aromatic heterocycles. The Morgan fingerprint density at radius 2 is 1.42 bits per heavy atom. The Morgan fingerprint density at radius 1 is 0.962 bits per heavy atom. The fourth-order valence-corrected chi connectivity index (χ4v) is 1.82. The van der Waals surface area contributed by atoms with Crippen LogP contribution in [-0.4, -0.2) is 23.3 Å². The lowest BCUT2D eigenvalue weighted by atomic mass is 10.2. The molecule has 0 spiro atoms. The van der Waals surface area contributed by atoms with Crippen molar-refractivity contribution >= 4 is 18.1 Å². The Labute approximate surface area is 155 Å². The maximum Gasteiger partial charge on any atom is 0.344 e. The van der Waals surface area contributed by atoms with Gasteiger partial charge in [0.25, 0.3) is 0 Å². The van der Waals surface area contributed by atoms with E-state index >= 15 is 0 Å². The molecule has 0 aliphatic rings. The van der Waals surface area contributed by atoms with Gasteiger partial charge < -0.3 is 14.6 Å². The first kappa shape index (κ1) is 21.0. The minimum absolute atomic E-state index is 0.0787. The van der Waals surface area contributed by atoms with Gasteiger partial charge in [-0.05, 0) is 56.2 Å². The van der Waals surface area contributed by atoms with Crippen LogP contribution in [0.15, 0.2) is 61.7 Å². The summed E-state index contributed by atoms with van der Waals surface area (Å²) in [5.74, 6) is 0.562. The van der Waals surface area contributed by atoms with Gasteiger partial charge in [-0.3, -0.25) is 0 Å². The summed E-state index contributed by atoms with van der Waals surface area (Å²) in [4.78, 5) is 11.4. The number of hydrogen-bond acceptors (Lipinski definition) is 4. The van der Waals surface area contributed by atoms with Crippen molar-refractivity contribution in [3.8, 4) is 11.5 Å². The van der Waals surface area contributed by atoms with Crippen molar-refractivity contribution in [3.05, 3.63) is 72.8 Å². The second kappa shape index (κ2) is 10.1. The third-order valence-electron chi connectivity index (χ3n) is 3.02. The minimum atomic E-state index is -0.479. The van der Waals surface area contributed by atoms with Gasteiger partial charge in [0, 0.05) is 0 Å². The van der Waals surface area contributed by atoms with Gasteiger partial charge in [0.15, 0.2) is 6.61 Å². The highest BCUT2D eigenvalue weighted by atomic mass is 16.6. The van der Waals surface area contributed by atoms with Gasteiger partial charge in [0.1, 0.15) is 17.1 Å². The van der Waals surface area contributed by atoms with E-state index in [-0.39, 0.29) is 12.6 Å². The van der Waals surface area contributed by atoms with Gasteiger partial charge in [0.2, 0.25) is 0 Å². The minimum Gasteiger partial charge on any atom is -0.508 e. The Morgan fingerprint density at radius 3 is 1.85 bits per heavy atom. The average Bonchev–Trinajstić information content (AvgIpc) is 2.60. The third kappa shape index (κ3) is 8.73. The maximum atomic E-state index is 11.4. The van der Waals surface area contributed by atoms with Gasteiger partial charge in [-0.25, -0.2) is 4.79 Å². The quantitative estimate of drug-likeness (QED) is 0.760. The van der Waals surface area contributed by atoms with Crippen LogP contribution >= 0.6 is 0 Å². The van der Waals surface area contributed by atoms with Gasteiger partial charge >= 0.3 is 5.97 Å². The number of esters is 1. The lowest BCUT2D eigenvalue weighted by Crippen LogP contribution is -2.27. The summed E-state index contributed by atoms with van der Waals surface area (Å²) in [5.41, 5.74) is 1.55. The number of benzene rings is 2. The first-order valence-electron chi connectivity index (χ1n) is 8.22. The van der Waals surface area contributed by atoms with Gasteiger partial charge in [-0.1, -0.05) is 49.6 Å². The Hall–Kier alpha value is -3.01. The van der Waals surface area contributed by atoms with Crippen LogP contribution in [0.2, 0.25) is 0 Å². The van der Waals surface area contributed by atoms with Crippen molar-refractivity contribution < 1.29 is 19.4 Å². The number of carbonyl (C=O) groups excluding carboxylic acids is 1. The molecule has 0 amide bonds. The summed E-state index contributed by atoms with van der Waals surface area (Å²) in [6, 6.07) is 14.2. The molecule has 0 radical (unpaired) electrons. The van der Waals surface area contributed by atoms with Crippen molar-refractivity contribution in [2.24, 2.45) is 0 Å². The number of carbonyl (C=O) groups is 1. The molecular formula is C22H26O4. The summed E-state index contributed by atoms with van der Waals surface area (Å²) in [6.45, 7) is 12.6. The summed E-state index contributed by atoms with van der Waals surface area (Å²) < 4.78 is 10.4. The molecule has 0 aliphatic carbocycles. The molecule has 1 N–H and O–H groups in total. The molecule has 0 saturated heterocycles. The zero-order valence-corrected chi connectivity index (χ0v) is 15.6. The number of phenols is 1. The molecule has 2 aromatic rings. The van der Waals surface area contributed by atoms with Gasteiger partial charge in [-0.2, -0.15) is 0 Å². The van der Waals surface area contributed by atoms with Crippen LogP contribution in [0.25, 0.3) is 12.2 Å². The monoisotopic (exact) mass is 354 g/mol. The smallest absolute Gasteiger partial charge is 0.344 e. The zero-order valence-electron chi connectivity index (χ0n) is 15.6. The molecular weight excluding hydrogens is 328 g/mol. The highest BCUT2D eigenvalue weighted by Crippen LogP contribution is 2.13. The van der Waals surface area contributed by atoms with Crippen LogP contribution in [0.5, 0.6) is 11.5 Å². The molecule has 138 valence electrons. The van der Waals surface area contributed by atoms with Crippen molar-refractivity contribution in [1.29, 1.82) is 0 Å². The molecule has 0 heterocycles. The Kier molecular flexibility index (Phi) is 8.16. The van der Waals surface area contributed by atoms with Crippen LogP contribution in [0.4, 0.5) is 0 Å². The van der Waals surface area contributed by atoms with E-state index in [0.717, 1.165) is 11.1 Å². The van der Waals surface area contributed by atoms with E-state index in [9.17, 15) is 4.79 Å². The molecule has 0 unspecified atom stereocenters. The fraction of sp³-hybridized carbons (Fsp3) is 0.227. The predicted molar refractivity (Wildman–Crippen MR) is 106 cm³/mol. The molecule has 0 fully saturated rings. The lowest BCUT2D eigenvalue weighted by molar-refractivity contribution is -0.157. The molecule has 0 atom stereocenters. The van der Waals surface area contributed by atoms with E-state index in [4.69, 9.17) is 14.6 Å². The highest BCUT2D eigenvalue weighted by Gasteiger charge is 2.16. The van der Waals surface area contributed by atoms with Crippen LogP contribution < -0.4 is 4.74 Å². The molecule has 2 rings (SSSR count). The Bertz CT molecular complexity index is 707. The summed E-state index contributed by atoms with van der Waals surface area (Å²) in [6.07, 6.45) is 3.48. The van der Waals surface area contributed by atoms with E-state index in [1.54, 1.807) is 36.4 Å². The number of hydrogen-bond donors (Lipinski definition) is 1. The zero-order chi connectivity index (χ0) is 19.6. The Balaban J connectivity index is 0.000000314. The molecule has 4 nitrogen and oxygen atoms in total. The molecule has 0 bridgehead atoms. The molecule has 2 aromatic carbocycles. The van der Waals surface area contributed by atoms with Crippen molar-refractivity contribution in [2.75, 3.05) is 6.61 Å². The first-order chi connectivity index (χ1) is 12.2. The van der Waals surface area contributed by atoms with E-state index in [2.05, 4.69) is 13.2 Å². The predicted octanol–water partition coefficient (Wildman–Crippen LogP) is 5.09. The van der Waals surface area contributed by atoms with E-state index in [1.165, 1.54) is 0 Å². The van der Waals surface area contributed by atoms with Crippen LogP contribution in [0.3, 0.4) is 0 Å². The van der Waals surface area contributed by atoms with E-state index in [1.807, 2.05) is 45.0 Å². The molecule has 4 heteroatoms. The van der Waals surface area contributed by atoms with Crippen molar-refractivity contribution in [2.45, 2.75) is 26.4 Å². The van der Waals surface area contributed by atoms with Crippen LogP contribution in [0.1, 0.15) is 31.9 Å². The van der Waals surface area contributed by atoms with Crippen molar-refractivity contribution in [3.63, 3.8) is 0 Å². The number of phenolic OH excluding ortho intramolecular Hbond substituents is 1. The average molecular weight is 354 g/mol. The summed E-state index contributed by atoms with van der Waals surface area (Å²) in [7, 11) is 0.